The molecule has 0 fully saturated rings. The predicted octanol–water partition coefficient (Wildman–Crippen LogP) is 3.70. The van der Waals surface area contributed by atoms with Crippen LogP contribution in [-0.2, 0) is 6.54 Å². The Bertz CT molecular complexity index is 866. The second-order valence-electron chi connectivity index (χ2n) is 5.98. The van der Waals surface area contributed by atoms with Crippen LogP contribution < -0.4 is 9.80 Å². The van der Waals surface area contributed by atoms with E-state index >= 15 is 0 Å². The lowest BCUT2D eigenvalue weighted by molar-refractivity contribution is 0.628. The first-order valence-electron chi connectivity index (χ1n) is 7.82. The van der Waals surface area contributed by atoms with Gasteiger partial charge < -0.3 is 9.80 Å². The molecule has 1 aliphatic heterocycles. The molecule has 0 bridgehead atoms. The topological polar surface area (TPSA) is 32.3 Å². The maximum absolute atomic E-state index is 13.5. The molecule has 24 heavy (non-hydrogen) atoms. The lowest BCUT2D eigenvalue weighted by Gasteiger charge is -2.19. The Kier molecular flexibility index (Phi) is 3.61. The van der Waals surface area contributed by atoms with Gasteiger partial charge in [-0.3, -0.25) is 4.98 Å². The number of fused-ring (bicyclic) bond motifs is 1. The Morgan fingerprint density at radius 1 is 1.08 bits per heavy atom. The van der Waals surface area contributed by atoms with Gasteiger partial charge in [-0.2, -0.15) is 0 Å². The quantitative estimate of drug-likeness (QED) is 0.736. The minimum Gasteiger partial charge on any atom is -0.346 e. The Morgan fingerprint density at radius 3 is 2.79 bits per heavy atom. The highest BCUT2D eigenvalue weighted by Gasteiger charge is 2.25. The first kappa shape index (κ1) is 14.6. The van der Waals surface area contributed by atoms with Gasteiger partial charge in [-0.15, -0.1) is 0 Å². The van der Waals surface area contributed by atoms with Crippen LogP contribution in [0.1, 0.15) is 5.56 Å². The average molecular weight is 320 g/mol. The molecule has 0 spiro atoms. The minimum atomic E-state index is -0.239. The van der Waals surface area contributed by atoms with Crippen molar-refractivity contribution >= 4 is 11.5 Å². The predicted molar refractivity (Wildman–Crippen MR) is 93.3 cm³/mol. The second kappa shape index (κ2) is 5.92. The van der Waals surface area contributed by atoms with E-state index in [1.807, 2.05) is 25.4 Å². The Morgan fingerprint density at radius 2 is 2.00 bits per heavy atom. The molecule has 0 radical (unpaired) electrons. The van der Waals surface area contributed by atoms with Crippen LogP contribution in [0.5, 0.6) is 0 Å². The largest absolute Gasteiger partial charge is 0.346 e. The van der Waals surface area contributed by atoms with Crippen LogP contribution in [-0.4, -0.2) is 23.7 Å². The van der Waals surface area contributed by atoms with Gasteiger partial charge >= 0.3 is 0 Å². The summed E-state index contributed by atoms with van der Waals surface area (Å²) in [5.74, 6) is 0.705. The van der Waals surface area contributed by atoms with Gasteiger partial charge in [-0.25, -0.2) is 9.37 Å². The molecule has 1 aliphatic rings. The van der Waals surface area contributed by atoms with E-state index in [2.05, 4.69) is 31.9 Å². The third kappa shape index (κ3) is 2.69. The second-order valence-corrected chi connectivity index (χ2v) is 5.98. The van der Waals surface area contributed by atoms with Crippen molar-refractivity contribution in [2.45, 2.75) is 6.54 Å². The maximum Gasteiger partial charge on any atom is 0.153 e. The summed E-state index contributed by atoms with van der Waals surface area (Å²) >= 11 is 0. The molecular weight excluding hydrogens is 303 g/mol. The third-order valence-corrected chi connectivity index (χ3v) is 4.19. The zero-order chi connectivity index (χ0) is 16.5. The van der Waals surface area contributed by atoms with Crippen LogP contribution >= 0.6 is 0 Å². The van der Waals surface area contributed by atoms with Gasteiger partial charge in [0.05, 0.1) is 12.4 Å². The average Bonchev–Trinajstić information content (AvgIpc) is 2.91. The van der Waals surface area contributed by atoms with Crippen LogP contribution in [0, 0.1) is 5.82 Å². The van der Waals surface area contributed by atoms with Gasteiger partial charge in [-0.05, 0) is 35.4 Å². The molecule has 0 N–H and O–H groups in total. The number of halogens is 1. The molecule has 0 unspecified atom stereocenters. The van der Waals surface area contributed by atoms with Crippen LogP contribution in [0.4, 0.5) is 15.9 Å². The smallest absolute Gasteiger partial charge is 0.153 e. The van der Waals surface area contributed by atoms with Crippen molar-refractivity contribution in [2.75, 3.05) is 23.5 Å². The summed E-state index contributed by atoms with van der Waals surface area (Å²) in [4.78, 5) is 13.1. The van der Waals surface area contributed by atoms with E-state index in [9.17, 15) is 4.39 Å². The molecule has 3 heterocycles. The van der Waals surface area contributed by atoms with Gasteiger partial charge in [0, 0.05) is 37.7 Å². The Labute approximate surface area is 140 Å². The van der Waals surface area contributed by atoms with Crippen LogP contribution in [0.2, 0.25) is 0 Å². The lowest BCUT2D eigenvalue weighted by Crippen LogP contribution is -2.27. The summed E-state index contributed by atoms with van der Waals surface area (Å²) in [6.07, 6.45) is 5.46. The van der Waals surface area contributed by atoms with Crippen molar-refractivity contribution in [3.05, 3.63) is 72.4 Å². The molecule has 120 valence electrons. The van der Waals surface area contributed by atoms with E-state index in [0.717, 1.165) is 41.4 Å². The van der Waals surface area contributed by atoms with Crippen molar-refractivity contribution in [1.82, 2.24) is 9.97 Å². The fourth-order valence-corrected chi connectivity index (χ4v) is 3.05. The zero-order valence-electron chi connectivity index (χ0n) is 13.4. The SMILES string of the molecule is CN1CN(Cc2cccnc2)c2cc(-c3cccc(F)c3)cnc21. The minimum absolute atomic E-state index is 0.239. The van der Waals surface area contributed by atoms with E-state index in [1.165, 1.54) is 12.1 Å². The molecule has 2 aromatic heterocycles. The zero-order valence-corrected chi connectivity index (χ0v) is 13.4. The number of nitrogens with zero attached hydrogens (tertiary/aromatic N) is 4. The highest BCUT2D eigenvalue weighted by Crippen LogP contribution is 2.37. The van der Waals surface area contributed by atoms with Crippen molar-refractivity contribution in [3.8, 4) is 11.1 Å². The molecule has 4 rings (SSSR count). The summed E-state index contributed by atoms with van der Waals surface area (Å²) in [7, 11) is 2.02. The number of hydrogen-bond acceptors (Lipinski definition) is 4. The number of pyridine rings is 2. The summed E-state index contributed by atoms with van der Waals surface area (Å²) in [5, 5.41) is 0. The number of aromatic nitrogens is 2. The van der Waals surface area contributed by atoms with E-state index in [4.69, 9.17) is 0 Å². The fourth-order valence-electron chi connectivity index (χ4n) is 3.05. The molecular formula is C19H17FN4. The normalized spacial score (nSPS) is 13.2. The monoisotopic (exact) mass is 320 g/mol. The number of rotatable bonds is 3. The molecule has 0 atom stereocenters. The van der Waals surface area contributed by atoms with Gasteiger partial charge in [0.25, 0.3) is 0 Å². The summed E-state index contributed by atoms with van der Waals surface area (Å²) in [5.41, 5.74) is 3.96. The first-order valence-corrected chi connectivity index (χ1v) is 7.82. The molecule has 5 heteroatoms. The summed E-state index contributed by atoms with van der Waals surface area (Å²) in [6.45, 7) is 1.53. The van der Waals surface area contributed by atoms with Crippen molar-refractivity contribution < 1.29 is 4.39 Å². The highest BCUT2D eigenvalue weighted by molar-refractivity contribution is 5.78. The van der Waals surface area contributed by atoms with Gasteiger partial charge in [0.15, 0.2) is 5.82 Å². The van der Waals surface area contributed by atoms with Crippen LogP contribution in [0.15, 0.2) is 61.1 Å². The maximum atomic E-state index is 13.5. The molecule has 0 saturated heterocycles. The lowest BCUT2D eigenvalue weighted by atomic mass is 10.1. The van der Waals surface area contributed by atoms with Gasteiger partial charge in [0.2, 0.25) is 0 Å². The van der Waals surface area contributed by atoms with E-state index in [-0.39, 0.29) is 5.82 Å². The summed E-state index contributed by atoms with van der Waals surface area (Å²) < 4.78 is 13.5. The van der Waals surface area contributed by atoms with Crippen LogP contribution in [0.3, 0.4) is 0 Å². The van der Waals surface area contributed by atoms with Gasteiger partial charge in [-0.1, -0.05) is 18.2 Å². The molecule has 0 aliphatic carbocycles. The number of benzene rings is 1. The molecule has 1 aromatic carbocycles. The fraction of sp³-hybridized carbons (Fsp3) is 0.158. The van der Waals surface area contributed by atoms with Gasteiger partial charge in [0.1, 0.15) is 5.82 Å². The molecule has 0 amide bonds. The Hall–Kier alpha value is -2.95. The first-order chi connectivity index (χ1) is 11.7. The highest BCUT2D eigenvalue weighted by atomic mass is 19.1. The Balaban J connectivity index is 1.70. The van der Waals surface area contributed by atoms with E-state index < -0.39 is 0 Å². The molecule has 4 nitrogen and oxygen atoms in total. The molecule has 0 saturated carbocycles. The van der Waals surface area contributed by atoms with E-state index in [1.54, 1.807) is 18.5 Å². The number of anilines is 2. The van der Waals surface area contributed by atoms with Crippen molar-refractivity contribution in [2.24, 2.45) is 0 Å². The summed E-state index contributed by atoms with van der Waals surface area (Å²) in [6, 6.07) is 12.7. The van der Waals surface area contributed by atoms with E-state index in [0.29, 0.717) is 0 Å². The van der Waals surface area contributed by atoms with Crippen LogP contribution in [0.25, 0.3) is 11.1 Å². The van der Waals surface area contributed by atoms with Crippen molar-refractivity contribution in [3.63, 3.8) is 0 Å². The number of hydrogen-bond donors (Lipinski definition) is 0. The third-order valence-electron chi connectivity index (χ3n) is 4.19. The standard InChI is InChI=1S/C19H17FN4/c1-23-13-24(12-14-4-3-7-21-10-14)18-9-16(11-22-19(18)23)15-5-2-6-17(20)8-15/h2-11H,12-13H2,1H3. The van der Waals surface area contributed by atoms with Crippen molar-refractivity contribution in [1.29, 1.82) is 0 Å². The molecule has 3 aromatic rings.